The van der Waals surface area contributed by atoms with E-state index in [0.29, 0.717) is 30.0 Å². The molecule has 1 aliphatic carbocycles. The molecule has 0 amide bonds. The third kappa shape index (κ3) is 14.0. The number of anilines is 1. The van der Waals surface area contributed by atoms with Crippen LogP contribution in [0.15, 0.2) is 122 Å². The minimum Gasteiger partial charge on any atom is -0.401 e. The lowest BCUT2D eigenvalue weighted by Gasteiger charge is -2.58. The summed E-state index contributed by atoms with van der Waals surface area (Å²) in [5, 5.41) is 4.86. The van der Waals surface area contributed by atoms with Crippen molar-refractivity contribution in [1.82, 2.24) is 30.2 Å². The molecule has 1 saturated heterocycles. The molecule has 1 saturated carbocycles. The maximum Gasteiger partial charge on any atom is 0.0969 e. The summed E-state index contributed by atoms with van der Waals surface area (Å²) in [6.07, 6.45) is 21.3. The van der Waals surface area contributed by atoms with Crippen LogP contribution in [0.25, 0.3) is 11.3 Å². The molecule has 0 radical (unpaired) electrons. The normalized spacial score (nSPS) is 18.5. The molecule has 11 heteroatoms. The smallest absolute Gasteiger partial charge is 0.0969 e. The van der Waals surface area contributed by atoms with Gasteiger partial charge in [-0.1, -0.05) is 111 Å². The van der Waals surface area contributed by atoms with E-state index >= 15 is 0 Å². The van der Waals surface area contributed by atoms with Gasteiger partial charge in [-0.25, -0.2) is 16.3 Å². The summed E-state index contributed by atoms with van der Waals surface area (Å²) < 4.78 is 0. The monoisotopic (exact) mass is 949 g/mol. The molecule has 68 heavy (non-hydrogen) atoms. The van der Waals surface area contributed by atoms with E-state index in [1.54, 1.807) is 17.5 Å². The van der Waals surface area contributed by atoms with Gasteiger partial charge < -0.3 is 31.1 Å². The van der Waals surface area contributed by atoms with Crippen molar-refractivity contribution in [3.8, 4) is 11.3 Å². The number of allylic oxidation sites excluding steroid dienone is 3. The molecule has 3 aliphatic rings. The highest BCUT2D eigenvalue weighted by molar-refractivity contribution is 7.09. The number of benzene rings is 1. The Morgan fingerprint density at radius 1 is 1.07 bits per heavy atom. The fraction of sp³-hybridized carbons (Fsp3) is 0.561. The van der Waals surface area contributed by atoms with Gasteiger partial charge in [-0.3, -0.25) is 5.12 Å². The van der Waals surface area contributed by atoms with Crippen LogP contribution < -0.4 is 27.6 Å². The summed E-state index contributed by atoms with van der Waals surface area (Å²) in [6.45, 7) is 47.7. The Bertz CT molecular complexity index is 2070. The highest BCUT2D eigenvalue weighted by atomic mass is 32.1. The Labute approximate surface area is 418 Å². The number of hydrogen-bond donors (Lipinski definition) is 4. The molecular formula is C57H92N10S. The summed E-state index contributed by atoms with van der Waals surface area (Å²) in [5.41, 5.74) is 25.3. The first-order valence-corrected chi connectivity index (χ1v) is 26.3. The van der Waals surface area contributed by atoms with E-state index in [-0.39, 0.29) is 23.0 Å². The van der Waals surface area contributed by atoms with Gasteiger partial charge in [0.25, 0.3) is 0 Å². The Balaban J connectivity index is 0.000000353. The summed E-state index contributed by atoms with van der Waals surface area (Å²) in [7, 11) is 2.08. The standard InChI is InChI=1S/C37H58N6S.C20H34N4/c1-9-12-21-37(7,8)25-32-31-24-29(33-26-44-35(41-33)18-14-13-15-23-40-43(39)11-3)19-20-34(31)42(10-2)36(32)30(17-16-22-38)28(6)27(4)5;1-8-16(4)24-13-12-23(14-20(24)10-9-11-20)18(6)22(7)19(15(2)3)17(5)21/h9,11,16-17,19-20,24,26-27,32,36,40H,1,3,10,12-15,18,21-23,25,38-39H2,2,4-8H3;8,15,19H,1,4-6,9-14,21H2,2-3,7H3/b17-16-,30-28-;. The van der Waals surface area contributed by atoms with Gasteiger partial charge in [0.2, 0.25) is 0 Å². The first-order chi connectivity index (χ1) is 32.3. The molecule has 1 aromatic carbocycles. The van der Waals surface area contributed by atoms with Crippen LogP contribution in [0.2, 0.25) is 0 Å². The summed E-state index contributed by atoms with van der Waals surface area (Å²) in [4.78, 5) is 14.8. The maximum absolute atomic E-state index is 6.05. The number of fused-ring (bicyclic) bond motifs is 1. The zero-order chi connectivity index (χ0) is 50.3. The molecule has 2 aliphatic heterocycles. The van der Waals surface area contributed by atoms with Crippen LogP contribution in [-0.4, -0.2) is 88.7 Å². The second-order valence-electron chi connectivity index (χ2n) is 20.8. The van der Waals surface area contributed by atoms with Crippen molar-refractivity contribution in [1.29, 1.82) is 0 Å². The molecule has 1 aromatic heterocycles. The van der Waals surface area contributed by atoms with Crippen molar-refractivity contribution in [2.45, 2.75) is 143 Å². The Hall–Kier alpha value is -4.55. The van der Waals surface area contributed by atoms with E-state index in [1.165, 1.54) is 57.3 Å². The lowest BCUT2D eigenvalue weighted by atomic mass is 9.73. The molecule has 2 aromatic rings. The molecule has 5 rings (SSSR count). The molecular weight excluding hydrogens is 857 g/mol. The zero-order valence-corrected chi connectivity index (χ0v) is 44.8. The number of aromatic nitrogens is 1. The van der Waals surface area contributed by atoms with Crippen molar-refractivity contribution in [3.05, 3.63) is 132 Å². The SMILES string of the molecule is C=CC(=C)N1CCN(C(=C)N(C)C(C(=C)N)C(C)C)CC12CCC2.C=CCCC(C)(C)CC1c2cc(-c3csc(CCCCCNN(N)C=C)n3)ccc2N(CC)C1C(/C=C\CN)=C(/C)C(C)C. The predicted molar refractivity (Wildman–Crippen MR) is 295 cm³/mol. The van der Waals surface area contributed by atoms with Gasteiger partial charge in [-0.05, 0) is 118 Å². The van der Waals surface area contributed by atoms with Gasteiger partial charge in [0.05, 0.1) is 34.1 Å². The van der Waals surface area contributed by atoms with Gasteiger partial charge in [0.15, 0.2) is 0 Å². The summed E-state index contributed by atoms with van der Waals surface area (Å²) in [6, 6.07) is 7.46. The summed E-state index contributed by atoms with van der Waals surface area (Å²) in [5.74, 6) is 7.95. The lowest BCUT2D eigenvalue weighted by Crippen LogP contribution is -2.65. The van der Waals surface area contributed by atoms with Crippen LogP contribution in [0.1, 0.15) is 130 Å². The molecule has 2 fully saturated rings. The Morgan fingerprint density at radius 2 is 1.79 bits per heavy atom. The minimum absolute atomic E-state index is 0.107. The molecule has 3 unspecified atom stereocenters. The molecule has 3 atom stereocenters. The first-order valence-electron chi connectivity index (χ1n) is 25.4. The molecule has 7 N–H and O–H groups in total. The van der Waals surface area contributed by atoms with Crippen LogP contribution in [0.5, 0.6) is 0 Å². The van der Waals surface area contributed by atoms with Crippen LogP contribution in [-0.2, 0) is 6.42 Å². The van der Waals surface area contributed by atoms with Gasteiger partial charge >= 0.3 is 0 Å². The van der Waals surface area contributed by atoms with E-state index in [1.807, 2.05) is 6.08 Å². The number of nitrogens with zero attached hydrogens (tertiary/aromatic N) is 6. The average molecular weight is 949 g/mol. The Morgan fingerprint density at radius 3 is 2.37 bits per heavy atom. The van der Waals surface area contributed by atoms with E-state index in [0.717, 1.165) is 94.9 Å². The third-order valence-corrected chi connectivity index (χ3v) is 15.7. The minimum atomic E-state index is 0.107. The van der Waals surface area contributed by atoms with E-state index in [4.69, 9.17) is 22.3 Å². The van der Waals surface area contributed by atoms with Crippen LogP contribution in [0.3, 0.4) is 0 Å². The quantitative estimate of drug-likeness (QED) is 0.0239. The van der Waals surface area contributed by atoms with Gasteiger partial charge in [0.1, 0.15) is 0 Å². The number of hydrogen-bond acceptors (Lipinski definition) is 11. The van der Waals surface area contributed by atoms with Gasteiger partial charge in [-0.2, -0.15) is 0 Å². The highest BCUT2D eigenvalue weighted by Gasteiger charge is 2.47. The van der Waals surface area contributed by atoms with E-state index in [9.17, 15) is 0 Å². The van der Waals surface area contributed by atoms with Crippen LogP contribution >= 0.6 is 11.3 Å². The average Bonchev–Trinajstić information content (AvgIpc) is 3.89. The number of nitrogens with one attached hydrogen (secondary N) is 1. The van der Waals surface area contributed by atoms with Crippen molar-refractivity contribution >= 4 is 17.0 Å². The number of likely N-dealkylation sites (N-methyl/N-ethyl adjacent to an activating group) is 2. The third-order valence-electron chi connectivity index (χ3n) is 14.8. The second kappa shape index (κ2) is 25.9. The molecule has 376 valence electrons. The first kappa shape index (κ1) is 56.0. The number of aryl methyl sites for hydroxylation is 1. The predicted octanol–water partition coefficient (Wildman–Crippen LogP) is 11.6. The number of thiazole rings is 1. The fourth-order valence-corrected chi connectivity index (χ4v) is 11.5. The molecule has 1 spiro atoms. The molecule has 3 heterocycles. The van der Waals surface area contributed by atoms with Gasteiger partial charge in [0, 0.05) is 86.5 Å². The number of hydrazine groups is 2. The summed E-state index contributed by atoms with van der Waals surface area (Å²) >= 11 is 1.78. The zero-order valence-electron chi connectivity index (χ0n) is 44.0. The number of unbranched alkanes of at least 4 members (excludes halogenated alkanes) is 2. The van der Waals surface area contributed by atoms with Crippen molar-refractivity contribution in [2.75, 3.05) is 51.2 Å². The molecule has 10 nitrogen and oxygen atoms in total. The van der Waals surface area contributed by atoms with Crippen molar-refractivity contribution in [2.24, 2.45) is 34.6 Å². The lowest BCUT2D eigenvalue weighted by molar-refractivity contribution is -0.0271. The maximum atomic E-state index is 6.05. The fourth-order valence-electron chi connectivity index (χ4n) is 10.7. The van der Waals surface area contributed by atoms with E-state index in [2.05, 4.69) is 169 Å². The second-order valence-corrected chi connectivity index (χ2v) is 21.8. The van der Waals surface area contributed by atoms with Gasteiger partial charge in [-0.15, -0.1) is 17.9 Å². The van der Waals surface area contributed by atoms with E-state index < -0.39 is 0 Å². The number of rotatable bonds is 26. The highest BCUT2D eigenvalue weighted by Crippen LogP contribution is 2.51. The number of nitrogens with two attached hydrogens (primary N) is 3. The Kier molecular flexibility index (Phi) is 21.3. The van der Waals surface area contributed by atoms with Crippen molar-refractivity contribution < 1.29 is 0 Å². The number of piperazine rings is 1. The van der Waals surface area contributed by atoms with Crippen LogP contribution in [0, 0.1) is 17.3 Å². The topological polar surface area (TPSA) is 119 Å². The van der Waals surface area contributed by atoms with Crippen LogP contribution in [0.4, 0.5) is 5.69 Å². The molecule has 0 bridgehead atoms. The van der Waals surface area contributed by atoms with Crippen molar-refractivity contribution in [3.63, 3.8) is 0 Å². The largest absolute Gasteiger partial charge is 0.401 e.